The second kappa shape index (κ2) is 16.8. The molecule has 264 valence electrons. The average Bonchev–Trinajstić information content (AvgIpc) is 3.16. The molecule has 0 radical (unpaired) electrons. The number of anilines is 1. The highest BCUT2D eigenvalue weighted by Gasteiger charge is 2.26. The lowest BCUT2D eigenvalue weighted by molar-refractivity contribution is 0.0935. The molecule has 1 amide bonds. The summed E-state index contributed by atoms with van der Waals surface area (Å²) in [5.41, 5.74) is 5.24. The van der Waals surface area contributed by atoms with Crippen molar-refractivity contribution in [1.82, 2.24) is 5.32 Å². The van der Waals surface area contributed by atoms with Crippen LogP contribution in [0.4, 0.5) is 5.69 Å². The van der Waals surface area contributed by atoms with Crippen molar-refractivity contribution in [2.45, 2.75) is 32.4 Å². The number of hydrogen-bond donors (Lipinski definition) is 5. The minimum Gasteiger partial charge on any atom is -0.497 e. The van der Waals surface area contributed by atoms with Crippen molar-refractivity contribution < 1.29 is 48.5 Å². The van der Waals surface area contributed by atoms with Crippen LogP contribution in [-0.4, -0.2) is 62.9 Å². The highest BCUT2D eigenvalue weighted by atomic mass is 16.5. The molecular weight excluding hydrogens is 644 g/mol. The van der Waals surface area contributed by atoms with Crippen molar-refractivity contribution in [2.75, 3.05) is 47.0 Å². The van der Waals surface area contributed by atoms with E-state index in [9.17, 15) is 20.1 Å². The first-order valence-electron chi connectivity index (χ1n) is 16.0. The molecule has 12 heteroatoms. The fourth-order valence-electron chi connectivity index (χ4n) is 5.65. The normalized spacial score (nSPS) is 13.7. The van der Waals surface area contributed by atoms with Crippen LogP contribution in [0.5, 0.6) is 34.5 Å². The summed E-state index contributed by atoms with van der Waals surface area (Å²) >= 11 is 0. The number of hydrogen-bond acceptors (Lipinski definition) is 11. The van der Waals surface area contributed by atoms with Crippen molar-refractivity contribution >= 4 is 23.7 Å². The number of fused-ring (bicyclic) bond motifs is 1. The second-order valence-electron chi connectivity index (χ2n) is 11.3. The van der Waals surface area contributed by atoms with Gasteiger partial charge in [-0.2, -0.15) is 0 Å². The van der Waals surface area contributed by atoms with Gasteiger partial charge >= 0.3 is 0 Å². The fraction of sp³-hybridized carbons (Fsp3) is 0.289. The van der Waals surface area contributed by atoms with Crippen LogP contribution in [0.3, 0.4) is 0 Å². The van der Waals surface area contributed by atoms with Gasteiger partial charge in [-0.1, -0.05) is 18.2 Å². The lowest BCUT2D eigenvalue weighted by Gasteiger charge is -2.29. The zero-order chi connectivity index (χ0) is 35.6. The van der Waals surface area contributed by atoms with Crippen LogP contribution in [0.25, 0.3) is 12.2 Å². The summed E-state index contributed by atoms with van der Waals surface area (Å²) in [7, 11) is 6.17. The number of methoxy groups -OCH3 is 4. The molecule has 0 saturated heterocycles. The van der Waals surface area contributed by atoms with Gasteiger partial charge in [-0.25, -0.2) is 0 Å². The van der Waals surface area contributed by atoms with Crippen molar-refractivity contribution in [1.29, 1.82) is 0 Å². The number of nitrogens with one attached hydrogen (secondary N) is 2. The third-order valence-electron chi connectivity index (χ3n) is 8.25. The summed E-state index contributed by atoms with van der Waals surface area (Å²) in [5.74, 6) is 2.81. The molecule has 0 bridgehead atoms. The predicted molar refractivity (Wildman–Crippen MR) is 188 cm³/mol. The summed E-state index contributed by atoms with van der Waals surface area (Å²) < 4.78 is 33.9. The van der Waals surface area contributed by atoms with Gasteiger partial charge in [-0.15, -0.1) is 0 Å². The number of ether oxygens (including phenoxy) is 6. The molecule has 0 spiro atoms. The minimum atomic E-state index is -0.482. The van der Waals surface area contributed by atoms with E-state index in [1.54, 1.807) is 63.8 Å². The van der Waals surface area contributed by atoms with Crippen LogP contribution in [0.15, 0.2) is 60.7 Å². The quantitative estimate of drug-likeness (QED) is 0.0792. The van der Waals surface area contributed by atoms with Crippen LogP contribution in [0, 0.1) is 0 Å². The molecule has 12 nitrogen and oxygen atoms in total. The van der Waals surface area contributed by atoms with E-state index in [-0.39, 0.29) is 25.7 Å². The van der Waals surface area contributed by atoms with Gasteiger partial charge in [0, 0.05) is 23.2 Å². The van der Waals surface area contributed by atoms with Gasteiger partial charge in [-0.3, -0.25) is 4.79 Å². The summed E-state index contributed by atoms with van der Waals surface area (Å²) in [6, 6.07) is 17.9. The monoisotopic (exact) mass is 686 g/mol. The number of carbonyl (C=O) groups is 1. The van der Waals surface area contributed by atoms with Gasteiger partial charge in [0.1, 0.15) is 23.4 Å². The van der Waals surface area contributed by atoms with Crippen molar-refractivity contribution in [3.63, 3.8) is 0 Å². The molecule has 1 aliphatic heterocycles. The molecule has 4 aromatic rings. The number of aliphatic hydroxyl groups is 3. The largest absolute Gasteiger partial charge is 0.497 e. The van der Waals surface area contributed by atoms with E-state index in [1.807, 2.05) is 30.4 Å². The number of aliphatic hydroxyl groups excluding tert-OH is 3. The Bertz CT molecular complexity index is 1790. The van der Waals surface area contributed by atoms with E-state index >= 15 is 0 Å². The third kappa shape index (κ3) is 8.05. The minimum absolute atomic E-state index is 0.226. The maximum Gasteiger partial charge on any atom is 0.255 e. The van der Waals surface area contributed by atoms with Crippen LogP contribution < -0.4 is 39.1 Å². The molecule has 0 fully saturated rings. The van der Waals surface area contributed by atoms with Gasteiger partial charge in [0.25, 0.3) is 5.91 Å². The summed E-state index contributed by atoms with van der Waals surface area (Å²) in [6.07, 6.45) is 3.78. The zero-order valence-corrected chi connectivity index (χ0v) is 28.4. The molecule has 5 N–H and O–H groups in total. The van der Waals surface area contributed by atoms with Crippen molar-refractivity contribution in [3.05, 3.63) is 99.6 Å². The predicted octanol–water partition coefficient (Wildman–Crippen LogP) is 5.07. The van der Waals surface area contributed by atoms with E-state index in [4.69, 9.17) is 28.4 Å². The number of rotatable bonds is 16. The molecule has 0 aromatic heterocycles. The standard InChI is InChI=1S/C38H42N2O10/c1-45-28-9-10-31-29(19-28)38(44)40-37(39-31)25-8-11-32(27(18-25)21-42)49-12-5-13-50-36-34(47-3)16-24(17-35(36)48-4)7-6-23-14-26(20-41)30(22-43)33(15-23)46-2/h6-11,14-19,37,39,41-43H,5,12-13,20-22H2,1-4H3,(H,40,44)/b7-6-. The first-order valence-corrected chi connectivity index (χ1v) is 16.0. The SMILES string of the molecule is COc1ccc2c(c1)C(=O)NC(c1ccc(OCCCOc3c(OC)cc(/C=C\c4cc(CO)c(CO)c(OC)c4)cc3OC)c(CO)c1)N2. The first kappa shape index (κ1) is 35.9. The Labute approximate surface area is 290 Å². The van der Waals surface area contributed by atoms with Crippen molar-refractivity contribution in [3.8, 4) is 34.5 Å². The van der Waals surface area contributed by atoms with E-state index < -0.39 is 6.17 Å². The summed E-state index contributed by atoms with van der Waals surface area (Å²) in [5, 5.41) is 35.8. The van der Waals surface area contributed by atoms with Gasteiger partial charge < -0.3 is 54.4 Å². The lowest BCUT2D eigenvalue weighted by atomic mass is 10.0. The number of amides is 1. The molecular formula is C38H42N2O10. The van der Waals surface area contributed by atoms with Gasteiger partial charge in [-0.05, 0) is 76.9 Å². The number of benzene rings is 4. The Morgan fingerprint density at radius 2 is 1.32 bits per heavy atom. The Morgan fingerprint density at radius 1 is 0.660 bits per heavy atom. The Balaban J connectivity index is 1.20. The molecule has 0 saturated carbocycles. The summed E-state index contributed by atoms with van der Waals surface area (Å²) in [6.45, 7) is -0.0899. The molecule has 1 atom stereocenters. The van der Waals surface area contributed by atoms with E-state index in [0.29, 0.717) is 82.1 Å². The van der Waals surface area contributed by atoms with E-state index in [1.165, 1.54) is 7.11 Å². The second-order valence-corrected chi connectivity index (χ2v) is 11.3. The van der Waals surface area contributed by atoms with Crippen molar-refractivity contribution in [2.24, 2.45) is 0 Å². The lowest BCUT2D eigenvalue weighted by Crippen LogP contribution is -2.38. The molecule has 50 heavy (non-hydrogen) atoms. The van der Waals surface area contributed by atoms with Gasteiger partial charge in [0.2, 0.25) is 5.75 Å². The molecule has 4 aromatic carbocycles. The Hall–Kier alpha value is -5.43. The summed E-state index contributed by atoms with van der Waals surface area (Å²) in [4.78, 5) is 12.8. The maximum atomic E-state index is 12.8. The van der Waals surface area contributed by atoms with Gasteiger partial charge in [0.15, 0.2) is 11.5 Å². The molecule has 1 heterocycles. The topological polar surface area (TPSA) is 157 Å². The van der Waals surface area contributed by atoms with E-state index in [2.05, 4.69) is 10.6 Å². The maximum absolute atomic E-state index is 12.8. The highest BCUT2D eigenvalue weighted by Crippen LogP contribution is 2.39. The Morgan fingerprint density at radius 3 is 1.96 bits per heavy atom. The molecule has 0 aliphatic carbocycles. The Kier molecular flexibility index (Phi) is 12.0. The number of carbonyl (C=O) groups excluding carboxylic acids is 1. The average molecular weight is 687 g/mol. The van der Waals surface area contributed by atoms with E-state index in [0.717, 1.165) is 16.7 Å². The highest BCUT2D eigenvalue weighted by molar-refractivity contribution is 6.02. The zero-order valence-electron chi connectivity index (χ0n) is 28.4. The third-order valence-corrected chi connectivity index (χ3v) is 8.25. The fourth-order valence-corrected chi connectivity index (χ4v) is 5.65. The van der Waals surface area contributed by atoms with Gasteiger partial charge in [0.05, 0.1) is 67.0 Å². The molecule has 1 aliphatic rings. The van der Waals surface area contributed by atoms with Crippen LogP contribution in [0.2, 0.25) is 0 Å². The molecule has 5 rings (SSSR count). The van der Waals surface area contributed by atoms with Crippen LogP contribution in [-0.2, 0) is 19.8 Å². The first-order chi connectivity index (χ1) is 24.3. The van der Waals surface area contributed by atoms with Crippen LogP contribution >= 0.6 is 0 Å². The molecule has 1 unspecified atom stereocenters. The van der Waals surface area contributed by atoms with Crippen LogP contribution in [0.1, 0.15) is 56.3 Å². The smallest absolute Gasteiger partial charge is 0.255 e.